The molecule has 0 atom stereocenters. The maximum absolute atomic E-state index is 11.4. The van der Waals surface area contributed by atoms with E-state index < -0.39 is 5.97 Å². The second-order valence-corrected chi connectivity index (χ2v) is 4.13. The van der Waals surface area contributed by atoms with Crippen LogP contribution in [-0.4, -0.2) is 22.5 Å². The van der Waals surface area contributed by atoms with Gasteiger partial charge in [-0.1, -0.05) is 11.6 Å². The fourth-order valence-corrected chi connectivity index (χ4v) is 2.18. The predicted octanol–water partition coefficient (Wildman–Crippen LogP) is 2.52. The lowest BCUT2D eigenvalue weighted by molar-refractivity contribution is 0.0526. The smallest absolute Gasteiger partial charge is 0.367 e. The van der Waals surface area contributed by atoms with E-state index in [1.165, 1.54) is 17.5 Å². The van der Waals surface area contributed by atoms with E-state index in [2.05, 4.69) is 9.97 Å². The van der Waals surface area contributed by atoms with Crippen LogP contribution in [0.15, 0.2) is 12.3 Å². The van der Waals surface area contributed by atoms with Gasteiger partial charge in [-0.3, -0.25) is 0 Å². The number of ether oxygens (including phenoxy) is 1. The number of thiazole rings is 1. The van der Waals surface area contributed by atoms with Crippen molar-refractivity contribution >= 4 is 39.1 Å². The number of fused-ring (bicyclic) bond motifs is 1. The number of pyridine rings is 1. The van der Waals surface area contributed by atoms with E-state index in [-0.39, 0.29) is 0 Å². The molecule has 0 fully saturated rings. The van der Waals surface area contributed by atoms with Crippen LogP contribution in [-0.2, 0) is 4.74 Å². The Hall–Kier alpha value is -1.20. The monoisotopic (exact) mass is 242 g/mol. The first-order valence-corrected chi connectivity index (χ1v) is 5.49. The van der Waals surface area contributed by atoms with Crippen LogP contribution in [0.2, 0.25) is 5.15 Å². The van der Waals surface area contributed by atoms with Gasteiger partial charge in [0.1, 0.15) is 10.7 Å². The molecule has 78 valence electrons. The van der Waals surface area contributed by atoms with Crippen LogP contribution in [0.25, 0.3) is 10.2 Å². The van der Waals surface area contributed by atoms with Crippen LogP contribution < -0.4 is 0 Å². The molecule has 0 saturated carbocycles. The maximum Gasteiger partial charge on any atom is 0.367 e. The summed E-state index contributed by atoms with van der Waals surface area (Å²) in [5, 5.41) is 0.720. The normalized spacial score (nSPS) is 10.5. The number of esters is 1. The maximum atomic E-state index is 11.4. The van der Waals surface area contributed by atoms with Crippen LogP contribution in [0.3, 0.4) is 0 Å². The molecule has 0 N–H and O–H groups in total. The topological polar surface area (TPSA) is 52.1 Å². The summed E-state index contributed by atoms with van der Waals surface area (Å²) in [6.07, 6.45) is 1.54. The average molecular weight is 243 g/mol. The fraction of sp³-hybridized carbons (Fsp3) is 0.222. The molecule has 0 aliphatic heterocycles. The molecule has 6 heteroatoms. The average Bonchev–Trinajstić information content (AvgIpc) is 2.60. The molecule has 0 aromatic carbocycles. The summed E-state index contributed by atoms with van der Waals surface area (Å²) in [6.45, 7) is 2.09. The van der Waals surface area contributed by atoms with Crippen molar-refractivity contribution in [2.75, 3.05) is 6.61 Å². The first-order chi connectivity index (χ1) is 7.20. The highest BCUT2D eigenvalue weighted by molar-refractivity contribution is 7.20. The van der Waals surface area contributed by atoms with Gasteiger partial charge >= 0.3 is 5.97 Å². The third kappa shape index (κ3) is 2.08. The highest BCUT2D eigenvalue weighted by Gasteiger charge is 2.13. The molecule has 4 nitrogen and oxygen atoms in total. The van der Waals surface area contributed by atoms with Gasteiger partial charge in [0.15, 0.2) is 0 Å². The number of aromatic nitrogens is 2. The summed E-state index contributed by atoms with van der Waals surface area (Å²) >= 11 is 6.97. The van der Waals surface area contributed by atoms with Crippen molar-refractivity contribution in [3.63, 3.8) is 0 Å². The number of carbonyl (C=O) groups is 1. The SMILES string of the molecule is CCOC(=O)c1nc2cnc(Cl)cc2s1. The van der Waals surface area contributed by atoms with Gasteiger partial charge in [-0.25, -0.2) is 14.8 Å². The number of hydrogen-bond acceptors (Lipinski definition) is 5. The summed E-state index contributed by atoms with van der Waals surface area (Å²) in [4.78, 5) is 19.4. The first kappa shape index (κ1) is 10.3. The minimum Gasteiger partial charge on any atom is -0.461 e. The number of hydrogen-bond donors (Lipinski definition) is 0. The zero-order chi connectivity index (χ0) is 10.8. The van der Waals surface area contributed by atoms with Crippen LogP contribution in [0.1, 0.15) is 16.7 Å². The molecule has 0 bridgehead atoms. The van der Waals surface area contributed by atoms with Gasteiger partial charge in [0.25, 0.3) is 0 Å². The van der Waals surface area contributed by atoms with Crippen molar-refractivity contribution in [1.82, 2.24) is 9.97 Å². The van der Waals surface area contributed by atoms with Crippen molar-refractivity contribution in [3.8, 4) is 0 Å². The molecule has 2 aromatic heterocycles. The molecular weight excluding hydrogens is 236 g/mol. The van der Waals surface area contributed by atoms with Crippen LogP contribution in [0, 0.1) is 0 Å². The molecule has 0 aliphatic carbocycles. The Morgan fingerprint density at radius 1 is 1.67 bits per heavy atom. The van der Waals surface area contributed by atoms with Crippen molar-refractivity contribution in [2.45, 2.75) is 6.92 Å². The molecule has 0 spiro atoms. The molecule has 2 rings (SSSR count). The van der Waals surface area contributed by atoms with Gasteiger partial charge in [-0.2, -0.15) is 0 Å². The van der Waals surface area contributed by atoms with E-state index in [0.717, 1.165) is 4.70 Å². The van der Waals surface area contributed by atoms with Gasteiger partial charge in [-0.15, -0.1) is 11.3 Å². The largest absolute Gasteiger partial charge is 0.461 e. The lowest BCUT2D eigenvalue weighted by Crippen LogP contribution is -2.03. The Kier molecular flexibility index (Phi) is 2.83. The number of carbonyl (C=O) groups excluding carboxylic acids is 1. The van der Waals surface area contributed by atoms with Gasteiger partial charge in [0.2, 0.25) is 5.01 Å². The highest BCUT2D eigenvalue weighted by atomic mass is 35.5. The van der Waals surface area contributed by atoms with Gasteiger partial charge in [-0.05, 0) is 13.0 Å². The van der Waals surface area contributed by atoms with E-state index in [1.807, 2.05) is 0 Å². The molecule has 2 heterocycles. The van der Waals surface area contributed by atoms with E-state index in [0.29, 0.717) is 22.3 Å². The molecule has 0 amide bonds. The summed E-state index contributed by atoms with van der Waals surface area (Å²) in [7, 11) is 0. The first-order valence-electron chi connectivity index (χ1n) is 4.30. The predicted molar refractivity (Wildman–Crippen MR) is 58.4 cm³/mol. The third-order valence-electron chi connectivity index (χ3n) is 1.69. The Morgan fingerprint density at radius 3 is 3.20 bits per heavy atom. The van der Waals surface area contributed by atoms with Crippen molar-refractivity contribution in [1.29, 1.82) is 0 Å². The molecule has 15 heavy (non-hydrogen) atoms. The molecule has 2 aromatic rings. The summed E-state index contributed by atoms with van der Waals surface area (Å²) < 4.78 is 5.67. The molecule has 0 radical (unpaired) electrons. The van der Waals surface area contributed by atoms with Gasteiger partial charge < -0.3 is 4.74 Å². The van der Waals surface area contributed by atoms with Gasteiger partial charge in [0, 0.05) is 0 Å². The van der Waals surface area contributed by atoms with E-state index >= 15 is 0 Å². The Balaban J connectivity index is 2.42. The Labute approximate surface area is 94.9 Å². The second-order valence-electron chi connectivity index (χ2n) is 2.71. The van der Waals surface area contributed by atoms with Crippen LogP contribution >= 0.6 is 22.9 Å². The quantitative estimate of drug-likeness (QED) is 0.600. The summed E-state index contributed by atoms with van der Waals surface area (Å²) in [5.74, 6) is -0.408. The third-order valence-corrected chi connectivity index (χ3v) is 2.90. The van der Waals surface area contributed by atoms with E-state index in [4.69, 9.17) is 16.3 Å². The minimum atomic E-state index is -0.408. The van der Waals surface area contributed by atoms with Gasteiger partial charge in [0.05, 0.1) is 17.5 Å². The van der Waals surface area contributed by atoms with Crippen molar-refractivity contribution < 1.29 is 9.53 Å². The molecule has 0 unspecified atom stereocenters. The lowest BCUT2D eigenvalue weighted by atomic mass is 10.4. The van der Waals surface area contributed by atoms with Crippen LogP contribution in [0.5, 0.6) is 0 Å². The Bertz CT molecular complexity index is 512. The zero-order valence-electron chi connectivity index (χ0n) is 7.86. The summed E-state index contributed by atoms with van der Waals surface area (Å²) in [6, 6.07) is 1.68. The number of rotatable bonds is 2. The second kappa shape index (κ2) is 4.12. The molecular formula is C9H7ClN2O2S. The number of halogens is 1. The molecule has 0 saturated heterocycles. The molecule has 0 aliphatic rings. The van der Waals surface area contributed by atoms with Crippen LogP contribution in [0.4, 0.5) is 0 Å². The van der Waals surface area contributed by atoms with Crippen molar-refractivity contribution in [3.05, 3.63) is 22.4 Å². The Morgan fingerprint density at radius 2 is 2.47 bits per heavy atom. The minimum absolute atomic E-state index is 0.330. The number of nitrogens with zero attached hydrogens (tertiary/aromatic N) is 2. The van der Waals surface area contributed by atoms with Crippen molar-refractivity contribution in [2.24, 2.45) is 0 Å². The fourth-order valence-electron chi connectivity index (χ4n) is 1.09. The zero-order valence-corrected chi connectivity index (χ0v) is 9.43. The van der Waals surface area contributed by atoms with E-state index in [9.17, 15) is 4.79 Å². The standard InChI is InChI=1S/C9H7ClN2O2S/c1-2-14-9(13)8-12-5-4-11-7(10)3-6(5)15-8/h3-4H,2H2,1H3. The van der Waals surface area contributed by atoms with E-state index in [1.54, 1.807) is 13.0 Å². The summed E-state index contributed by atoms with van der Waals surface area (Å²) in [5.41, 5.74) is 0.660. The lowest BCUT2D eigenvalue weighted by Gasteiger charge is -1.94. The highest BCUT2D eigenvalue weighted by Crippen LogP contribution is 2.23.